The average Bonchev–Trinajstić information content (AvgIpc) is 2.98. The van der Waals surface area contributed by atoms with Gasteiger partial charge >= 0.3 is 18.5 Å². The van der Waals surface area contributed by atoms with E-state index in [1.54, 1.807) is 76.3 Å². The van der Waals surface area contributed by atoms with Gasteiger partial charge in [-0.05, 0) is 51.0 Å². The molecule has 10 nitrogen and oxygen atoms in total. The van der Waals surface area contributed by atoms with Crippen LogP contribution in [0.25, 0.3) is 0 Å². The minimum Gasteiger partial charge on any atom is -0.495 e. The molecule has 0 aromatic heterocycles. The molecule has 0 radical (unpaired) electrons. The van der Waals surface area contributed by atoms with Gasteiger partial charge in [0.05, 0.1) is 12.8 Å². The van der Waals surface area contributed by atoms with Crippen LogP contribution in [0.1, 0.15) is 55.1 Å². The predicted molar refractivity (Wildman–Crippen MR) is 165 cm³/mol. The molecule has 3 aromatic rings. The zero-order valence-corrected chi connectivity index (χ0v) is 26.3. The molecule has 248 valence electrons. The number of Topliss-reactive ketones (excluding diaryl/α,β-unsaturated/α-hetero) is 1. The summed E-state index contributed by atoms with van der Waals surface area (Å²) >= 11 is 0. The van der Waals surface area contributed by atoms with Crippen LogP contribution in [0.15, 0.2) is 66.7 Å². The second-order valence-corrected chi connectivity index (χ2v) is 11.2. The number of ketones is 1. The molecule has 0 fully saturated rings. The van der Waals surface area contributed by atoms with Crippen molar-refractivity contribution in [1.29, 1.82) is 0 Å². The van der Waals surface area contributed by atoms with Crippen LogP contribution >= 0.6 is 0 Å². The summed E-state index contributed by atoms with van der Waals surface area (Å²) < 4.78 is 58.2. The van der Waals surface area contributed by atoms with Crippen molar-refractivity contribution in [3.8, 4) is 17.2 Å². The van der Waals surface area contributed by atoms with Crippen LogP contribution in [0.4, 0.5) is 28.4 Å². The number of para-hydroxylation sites is 1. The molecule has 0 aliphatic carbocycles. The molecule has 13 heteroatoms. The van der Waals surface area contributed by atoms with E-state index in [0.29, 0.717) is 29.8 Å². The number of nitrogens with one attached hydrogen (secondary N) is 2. The molecule has 0 spiro atoms. The molecule has 46 heavy (non-hydrogen) atoms. The molecular formula is C33H38F3N3O7. The highest BCUT2D eigenvalue weighted by molar-refractivity contribution is 5.96. The fraction of sp³-hybridized carbons (Fsp3) is 0.364. The van der Waals surface area contributed by atoms with Gasteiger partial charge < -0.3 is 34.5 Å². The van der Waals surface area contributed by atoms with Crippen molar-refractivity contribution in [3.63, 3.8) is 0 Å². The lowest BCUT2D eigenvalue weighted by atomic mass is 10.0. The Kier molecular flexibility index (Phi) is 12.3. The molecule has 0 bridgehead atoms. The molecule has 0 heterocycles. The lowest BCUT2D eigenvalue weighted by molar-refractivity contribution is -0.274. The van der Waals surface area contributed by atoms with E-state index in [9.17, 15) is 27.6 Å². The van der Waals surface area contributed by atoms with E-state index < -0.39 is 29.8 Å². The second-order valence-electron chi connectivity index (χ2n) is 11.2. The first kappa shape index (κ1) is 35.5. The highest BCUT2D eigenvalue weighted by atomic mass is 19.4. The standard InChI is InChI=1S/C33H38F3N3O7/c1-32(2,3)46-31(42)39(4)18-8-10-27(40)23-14-12-22(13-15-23)21-44-28-11-7-6-9-24(28)20-37-30(41)38-26-19-25(45-33(34,35)36)16-17-29(26)43-5/h6-7,9,11-17,19H,8,10,18,20-21H2,1-5H3,(H2,37,38,41). The molecule has 0 unspecified atom stereocenters. The fourth-order valence-corrected chi connectivity index (χ4v) is 4.11. The number of hydrogen-bond donors (Lipinski definition) is 2. The molecule has 0 saturated carbocycles. The number of amides is 3. The van der Waals surface area contributed by atoms with Crippen molar-refractivity contribution in [3.05, 3.63) is 83.4 Å². The second kappa shape index (κ2) is 15.9. The third-order valence-corrected chi connectivity index (χ3v) is 6.34. The summed E-state index contributed by atoms with van der Waals surface area (Å²) in [4.78, 5) is 38.7. The SMILES string of the molecule is COc1ccc(OC(F)(F)F)cc1NC(=O)NCc1ccccc1OCc1ccc(C(=O)CCCN(C)C(=O)OC(C)(C)C)cc1. The summed E-state index contributed by atoms with van der Waals surface area (Å²) in [5, 5.41) is 5.12. The van der Waals surface area contributed by atoms with Crippen LogP contribution in [0.2, 0.25) is 0 Å². The lowest BCUT2D eigenvalue weighted by Crippen LogP contribution is -2.34. The number of nitrogens with zero attached hydrogens (tertiary/aromatic N) is 1. The highest BCUT2D eigenvalue weighted by Gasteiger charge is 2.31. The Labute approximate surface area is 265 Å². The maximum atomic E-state index is 12.6. The molecular weight excluding hydrogens is 607 g/mol. The van der Waals surface area contributed by atoms with Crippen molar-refractivity contribution in [2.75, 3.05) is 26.0 Å². The van der Waals surface area contributed by atoms with E-state index in [0.717, 1.165) is 17.7 Å². The third kappa shape index (κ3) is 11.9. The van der Waals surface area contributed by atoms with Crippen molar-refractivity contribution in [2.24, 2.45) is 0 Å². The van der Waals surface area contributed by atoms with Crippen LogP contribution in [-0.2, 0) is 17.9 Å². The number of rotatable bonds is 13. The zero-order valence-electron chi connectivity index (χ0n) is 26.3. The number of carbonyl (C=O) groups excluding carboxylic acids is 3. The van der Waals surface area contributed by atoms with Crippen LogP contribution < -0.4 is 24.8 Å². The van der Waals surface area contributed by atoms with Gasteiger partial charge in [-0.15, -0.1) is 13.2 Å². The van der Waals surface area contributed by atoms with Gasteiger partial charge in [-0.1, -0.05) is 42.5 Å². The van der Waals surface area contributed by atoms with Crippen molar-refractivity contribution in [2.45, 2.75) is 58.7 Å². The minimum atomic E-state index is -4.89. The van der Waals surface area contributed by atoms with E-state index >= 15 is 0 Å². The molecule has 2 N–H and O–H groups in total. The van der Waals surface area contributed by atoms with Gasteiger partial charge in [0.2, 0.25) is 0 Å². The Bertz CT molecular complexity index is 1490. The van der Waals surface area contributed by atoms with Gasteiger partial charge in [0.25, 0.3) is 0 Å². The molecule has 0 aliphatic rings. The van der Waals surface area contributed by atoms with Gasteiger partial charge in [0.15, 0.2) is 5.78 Å². The van der Waals surface area contributed by atoms with E-state index in [4.69, 9.17) is 14.2 Å². The normalized spacial score (nSPS) is 11.3. The summed E-state index contributed by atoms with van der Waals surface area (Å²) in [6.45, 7) is 6.02. The number of hydrogen-bond acceptors (Lipinski definition) is 7. The van der Waals surface area contributed by atoms with Gasteiger partial charge in [-0.3, -0.25) is 4.79 Å². The van der Waals surface area contributed by atoms with Gasteiger partial charge in [-0.25, -0.2) is 9.59 Å². The lowest BCUT2D eigenvalue weighted by Gasteiger charge is -2.24. The monoisotopic (exact) mass is 645 g/mol. The summed E-state index contributed by atoms with van der Waals surface area (Å²) in [6, 6.07) is 16.7. The topological polar surface area (TPSA) is 115 Å². The Balaban J connectivity index is 1.50. The molecule has 3 rings (SSSR count). The van der Waals surface area contributed by atoms with Gasteiger partial charge in [0.1, 0.15) is 29.5 Å². The largest absolute Gasteiger partial charge is 0.573 e. The summed E-state index contributed by atoms with van der Waals surface area (Å²) in [5.74, 6) is 0.0991. The Morgan fingerprint density at radius 1 is 0.913 bits per heavy atom. The zero-order chi connectivity index (χ0) is 33.9. The quantitative estimate of drug-likeness (QED) is 0.187. The number of halogens is 3. The number of alkyl halides is 3. The van der Waals surface area contributed by atoms with Gasteiger partial charge in [0, 0.05) is 43.8 Å². The fourth-order valence-electron chi connectivity index (χ4n) is 4.11. The van der Waals surface area contributed by atoms with Crippen LogP contribution in [0.3, 0.4) is 0 Å². The van der Waals surface area contributed by atoms with Gasteiger partial charge in [-0.2, -0.15) is 0 Å². The molecule has 0 saturated heterocycles. The Morgan fingerprint density at radius 3 is 2.26 bits per heavy atom. The number of carbonyl (C=O) groups is 3. The summed E-state index contributed by atoms with van der Waals surface area (Å²) in [5.41, 5.74) is 1.42. The predicted octanol–water partition coefficient (Wildman–Crippen LogP) is 7.32. The molecule has 0 atom stereocenters. The average molecular weight is 646 g/mol. The van der Waals surface area contributed by atoms with E-state index in [1.165, 1.54) is 18.1 Å². The molecule has 3 aromatic carbocycles. The van der Waals surface area contributed by atoms with Crippen LogP contribution in [0, 0.1) is 0 Å². The number of methoxy groups -OCH3 is 1. The van der Waals surface area contributed by atoms with Crippen molar-refractivity contribution in [1.82, 2.24) is 10.2 Å². The molecule has 0 aliphatic heterocycles. The smallest absolute Gasteiger partial charge is 0.495 e. The number of anilines is 1. The van der Waals surface area contributed by atoms with Crippen molar-refractivity contribution >= 4 is 23.6 Å². The summed E-state index contributed by atoms with van der Waals surface area (Å²) in [6.07, 6.45) is -4.55. The maximum absolute atomic E-state index is 12.6. The van der Waals surface area contributed by atoms with E-state index in [-0.39, 0.29) is 36.8 Å². The highest BCUT2D eigenvalue weighted by Crippen LogP contribution is 2.32. The van der Waals surface area contributed by atoms with Crippen LogP contribution in [0.5, 0.6) is 17.2 Å². The number of ether oxygens (including phenoxy) is 4. The van der Waals surface area contributed by atoms with Crippen molar-refractivity contribution < 1.29 is 46.5 Å². The Morgan fingerprint density at radius 2 is 1.61 bits per heavy atom. The number of benzene rings is 3. The Hall–Kier alpha value is -4.94. The van der Waals surface area contributed by atoms with E-state index in [1.807, 2.05) is 0 Å². The van der Waals surface area contributed by atoms with Crippen LogP contribution in [-0.4, -0.2) is 55.5 Å². The first-order valence-corrected chi connectivity index (χ1v) is 14.4. The maximum Gasteiger partial charge on any atom is 0.573 e. The van der Waals surface area contributed by atoms with E-state index in [2.05, 4.69) is 15.4 Å². The first-order valence-electron chi connectivity index (χ1n) is 14.4. The summed E-state index contributed by atoms with van der Waals surface area (Å²) in [7, 11) is 2.95. The molecule has 3 amide bonds. The number of urea groups is 1. The first-order chi connectivity index (χ1) is 21.6. The third-order valence-electron chi connectivity index (χ3n) is 6.34. The minimum absolute atomic E-state index is 0.0126.